The van der Waals surface area contributed by atoms with E-state index in [1.807, 2.05) is 77.7 Å². The molecule has 0 radical (unpaired) electrons. The Morgan fingerprint density at radius 1 is 0.970 bits per heavy atom. The van der Waals surface area contributed by atoms with Gasteiger partial charge >= 0.3 is 0 Å². The number of aryl methyl sites for hydroxylation is 1. The number of para-hydroxylation sites is 2. The quantitative estimate of drug-likeness (QED) is 0.451. The maximum atomic E-state index is 13.0. The number of aromatic nitrogens is 4. The van der Waals surface area contributed by atoms with Crippen molar-refractivity contribution in [1.29, 1.82) is 0 Å². The minimum Gasteiger partial charge on any atom is -0.497 e. The molecule has 1 aromatic heterocycles. The Morgan fingerprint density at radius 3 is 2.24 bits per heavy atom. The van der Waals surface area contributed by atoms with Crippen molar-refractivity contribution in [3.8, 4) is 11.4 Å². The highest BCUT2D eigenvalue weighted by atomic mass is 32.2. The Bertz CT molecular complexity index is 1240. The van der Waals surface area contributed by atoms with Gasteiger partial charge in [-0.1, -0.05) is 24.3 Å². The zero-order valence-corrected chi connectivity index (χ0v) is 18.9. The number of methoxy groups -OCH3 is 1. The average molecular weight is 462 g/mol. The van der Waals surface area contributed by atoms with Gasteiger partial charge in [-0.3, -0.25) is 0 Å². The number of β-amino-alcohol motifs (C(OH)–C–C–N with tert-alkyl or cyclic N) is 1. The molecule has 1 aliphatic heterocycles. The normalized spacial score (nSPS) is 13.9. The predicted octanol–water partition coefficient (Wildman–Crippen LogP) is 3.28. The molecule has 4 aromatic rings. The van der Waals surface area contributed by atoms with E-state index >= 15 is 0 Å². The van der Waals surface area contributed by atoms with Crippen LogP contribution in [0.15, 0.2) is 82.6 Å². The SMILES string of the molecule is COc1ccc(-n2nnc(CCC(O)CN3c4ccccc4S(=O)c4ccccc43)n2)cc1. The molecule has 0 spiro atoms. The van der Waals surface area contributed by atoms with E-state index in [2.05, 4.69) is 15.4 Å². The van der Waals surface area contributed by atoms with E-state index in [1.165, 1.54) is 4.80 Å². The third-order valence-electron chi connectivity index (χ3n) is 5.56. The van der Waals surface area contributed by atoms with E-state index in [4.69, 9.17) is 4.74 Å². The summed E-state index contributed by atoms with van der Waals surface area (Å²) < 4.78 is 18.2. The topological polar surface area (TPSA) is 93.4 Å². The van der Waals surface area contributed by atoms with Crippen molar-refractivity contribution in [3.63, 3.8) is 0 Å². The van der Waals surface area contributed by atoms with E-state index in [9.17, 15) is 9.32 Å². The summed E-state index contributed by atoms with van der Waals surface area (Å²) >= 11 is 0. The lowest BCUT2D eigenvalue weighted by Crippen LogP contribution is -2.32. The lowest BCUT2D eigenvalue weighted by atomic mass is 10.1. The highest BCUT2D eigenvalue weighted by Crippen LogP contribution is 2.41. The first-order valence-electron chi connectivity index (χ1n) is 10.6. The third kappa shape index (κ3) is 4.24. The van der Waals surface area contributed by atoms with Gasteiger partial charge in [0.1, 0.15) is 5.75 Å². The number of hydrogen-bond donors (Lipinski definition) is 1. The Balaban J connectivity index is 1.28. The summed E-state index contributed by atoms with van der Waals surface area (Å²) in [6.45, 7) is 0.373. The molecule has 0 saturated heterocycles. The number of rotatable bonds is 7. The van der Waals surface area contributed by atoms with E-state index < -0.39 is 16.9 Å². The Hall–Kier alpha value is -3.56. The van der Waals surface area contributed by atoms with Crippen LogP contribution in [-0.2, 0) is 17.2 Å². The molecule has 1 N–H and O–H groups in total. The molecule has 0 fully saturated rings. The van der Waals surface area contributed by atoms with Gasteiger partial charge < -0.3 is 14.7 Å². The number of hydrogen-bond acceptors (Lipinski definition) is 7. The lowest BCUT2D eigenvalue weighted by molar-refractivity contribution is 0.172. The van der Waals surface area contributed by atoms with Gasteiger partial charge in [0.25, 0.3) is 0 Å². The van der Waals surface area contributed by atoms with E-state index in [-0.39, 0.29) is 0 Å². The van der Waals surface area contributed by atoms with Crippen molar-refractivity contribution >= 4 is 22.2 Å². The molecule has 1 unspecified atom stereocenters. The van der Waals surface area contributed by atoms with Crippen molar-refractivity contribution < 1.29 is 14.1 Å². The van der Waals surface area contributed by atoms with Crippen LogP contribution in [0.2, 0.25) is 0 Å². The number of tetrazole rings is 1. The number of aliphatic hydroxyl groups is 1. The van der Waals surface area contributed by atoms with Crippen LogP contribution in [0.1, 0.15) is 12.2 Å². The molecule has 2 heterocycles. The Labute approximate surface area is 193 Å². The third-order valence-corrected chi connectivity index (χ3v) is 7.05. The monoisotopic (exact) mass is 461 g/mol. The van der Waals surface area contributed by atoms with Gasteiger partial charge in [-0.2, -0.15) is 0 Å². The fourth-order valence-electron chi connectivity index (χ4n) is 3.88. The largest absolute Gasteiger partial charge is 0.497 e. The number of ether oxygens (including phenoxy) is 1. The number of anilines is 2. The van der Waals surface area contributed by atoms with Gasteiger partial charge in [0.05, 0.1) is 50.9 Å². The zero-order chi connectivity index (χ0) is 22.8. The van der Waals surface area contributed by atoms with Crippen molar-refractivity contribution in [2.45, 2.75) is 28.7 Å². The summed E-state index contributed by atoms with van der Waals surface area (Å²) in [6, 6.07) is 22.6. The molecule has 33 heavy (non-hydrogen) atoms. The van der Waals surface area contributed by atoms with Crippen LogP contribution in [-0.4, -0.2) is 49.3 Å². The van der Waals surface area contributed by atoms with Crippen molar-refractivity contribution in [2.24, 2.45) is 0 Å². The molecule has 1 atom stereocenters. The molecule has 9 heteroatoms. The first kappa shape index (κ1) is 21.3. The van der Waals surface area contributed by atoms with Gasteiger partial charge in [-0.05, 0) is 60.2 Å². The maximum absolute atomic E-state index is 13.0. The summed E-state index contributed by atoms with van der Waals surface area (Å²) in [5, 5.41) is 23.5. The summed E-state index contributed by atoms with van der Waals surface area (Å²) in [5.74, 6) is 1.32. The molecule has 1 aliphatic rings. The van der Waals surface area contributed by atoms with Crippen LogP contribution in [0.3, 0.4) is 0 Å². The highest BCUT2D eigenvalue weighted by molar-refractivity contribution is 7.85. The van der Waals surface area contributed by atoms with E-state index in [0.717, 1.165) is 32.6 Å². The smallest absolute Gasteiger partial charge is 0.175 e. The molecule has 0 aliphatic carbocycles. The second-order valence-corrected chi connectivity index (χ2v) is 9.12. The predicted molar refractivity (Wildman–Crippen MR) is 125 cm³/mol. The standard InChI is InChI=1S/C24H23N5O3S/c1-32-19-13-10-17(11-14-19)29-26-24(25-27-29)15-12-18(30)16-28-20-6-2-4-8-22(20)33(31)23-9-5-3-7-21(23)28/h2-11,13-14,18,30H,12,15-16H2,1H3. The van der Waals surface area contributed by atoms with Crippen molar-refractivity contribution in [1.82, 2.24) is 20.2 Å². The molecule has 5 rings (SSSR count). The number of nitrogens with zero attached hydrogens (tertiary/aromatic N) is 5. The van der Waals surface area contributed by atoms with E-state index in [1.54, 1.807) is 7.11 Å². The van der Waals surface area contributed by atoms with Gasteiger partial charge in [0.15, 0.2) is 5.82 Å². The van der Waals surface area contributed by atoms with Crippen LogP contribution in [0.5, 0.6) is 5.75 Å². The second kappa shape index (κ2) is 9.13. The summed E-state index contributed by atoms with van der Waals surface area (Å²) in [5.41, 5.74) is 2.50. The Kier molecular flexibility index (Phi) is 5.89. The zero-order valence-electron chi connectivity index (χ0n) is 18.0. The minimum atomic E-state index is -1.24. The van der Waals surface area contributed by atoms with Gasteiger partial charge in [-0.25, -0.2) is 4.21 Å². The second-order valence-electron chi connectivity index (χ2n) is 7.70. The van der Waals surface area contributed by atoms with Gasteiger partial charge in [-0.15, -0.1) is 15.0 Å². The molecular formula is C24H23N5O3S. The average Bonchev–Trinajstić information content (AvgIpc) is 3.34. The molecule has 8 nitrogen and oxygen atoms in total. The minimum absolute atomic E-state index is 0.373. The summed E-state index contributed by atoms with van der Waals surface area (Å²) in [4.78, 5) is 5.02. The van der Waals surface area contributed by atoms with Gasteiger partial charge in [0, 0.05) is 13.0 Å². The summed E-state index contributed by atoms with van der Waals surface area (Å²) in [7, 11) is 0.379. The van der Waals surface area contributed by atoms with Crippen molar-refractivity contribution in [3.05, 3.63) is 78.6 Å². The van der Waals surface area contributed by atoms with Crippen LogP contribution < -0.4 is 9.64 Å². The number of benzene rings is 3. The lowest BCUT2D eigenvalue weighted by Gasteiger charge is -2.33. The molecule has 0 amide bonds. The van der Waals surface area contributed by atoms with Crippen LogP contribution >= 0.6 is 0 Å². The molecule has 0 bridgehead atoms. The fraction of sp³-hybridized carbons (Fsp3) is 0.208. The van der Waals surface area contributed by atoms with Crippen LogP contribution in [0.4, 0.5) is 11.4 Å². The maximum Gasteiger partial charge on any atom is 0.175 e. The number of fused-ring (bicyclic) bond motifs is 2. The van der Waals surface area contributed by atoms with E-state index in [0.29, 0.717) is 25.2 Å². The van der Waals surface area contributed by atoms with Gasteiger partial charge in [0.2, 0.25) is 0 Å². The first-order valence-corrected chi connectivity index (χ1v) is 11.8. The molecule has 3 aromatic carbocycles. The molecule has 0 saturated carbocycles. The van der Waals surface area contributed by atoms with Crippen LogP contribution in [0, 0.1) is 0 Å². The van der Waals surface area contributed by atoms with Crippen LogP contribution in [0.25, 0.3) is 5.69 Å². The first-order chi connectivity index (χ1) is 16.1. The molecule has 168 valence electrons. The molecular weight excluding hydrogens is 438 g/mol. The van der Waals surface area contributed by atoms with Crippen molar-refractivity contribution in [2.75, 3.05) is 18.6 Å². The summed E-state index contributed by atoms with van der Waals surface area (Å²) in [6.07, 6.45) is 0.323. The fourth-order valence-corrected chi connectivity index (χ4v) is 5.26. The highest BCUT2D eigenvalue weighted by Gasteiger charge is 2.28. The Morgan fingerprint density at radius 2 is 1.61 bits per heavy atom. The number of aliphatic hydroxyl groups excluding tert-OH is 1.